The van der Waals surface area contributed by atoms with Gasteiger partial charge in [-0.2, -0.15) is 0 Å². The fraction of sp³-hybridized carbons (Fsp3) is 0.538. The highest BCUT2D eigenvalue weighted by molar-refractivity contribution is 5.24. The fourth-order valence-electron chi connectivity index (χ4n) is 2.48. The van der Waals surface area contributed by atoms with Gasteiger partial charge in [0.15, 0.2) is 0 Å². The molecule has 1 aliphatic heterocycles. The lowest BCUT2D eigenvalue weighted by Crippen LogP contribution is -2.47. The van der Waals surface area contributed by atoms with E-state index in [0.717, 1.165) is 18.7 Å². The first-order valence-electron chi connectivity index (χ1n) is 5.69. The molecule has 3 heteroatoms. The van der Waals surface area contributed by atoms with Crippen molar-refractivity contribution in [3.8, 4) is 0 Å². The number of likely N-dealkylation sites (tertiary alicyclic amines) is 1. The molecule has 1 aromatic carbocycles. The molecule has 1 aliphatic rings. The van der Waals surface area contributed by atoms with E-state index in [1.54, 1.807) is 12.1 Å². The number of hydrogen-bond donors (Lipinski definition) is 1. The van der Waals surface area contributed by atoms with Crippen LogP contribution in [-0.2, 0) is 5.60 Å². The van der Waals surface area contributed by atoms with Crippen molar-refractivity contribution in [2.75, 3.05) is 20.1 Å². The zero-order valence-corrected chi connectivity index (χ0v) is 9.78. The molecule has 0 spiro atoms. The van der Waals surface area contributed by atoms with Crippen LogP contribution in [0.15, 0.2) is 24.3 Å². The normalized spacial score (nSPS) is 31.6. The molecule has 1 heterocycles. The van der Waals surface area contributed by atoms with Crippen LogP contribution < -0.4 is 0 Å². The van der Waals surface area contributed by atoms with Gasteiger partial charge in [-0.25, -0.2) is 4.39 Å². The van der Waals surface area contributed by atoms with Crippen LogP contribution in [0.3, 0.4) is 0 Å². The number of hydrogen-bond acceptors (Lipinski definition) is 2. The summed E-state index contributed by atoms with van der Waals surface area (Å²) in [5, 5.41) is 10.7. The number of rotatable bonds is 1. The fourth-order valence-corrected chi connectivity index (χ4v) is 2.48. The van der Waals surface area contributed by atoms with Crippen molar-refractivity contribution in [2.24, 2.45) is 5.92 Å². The molecule has 0 aromatic heterocycles. The van der Waals surface area contributed by atoms with Crippen LogP contribution in [0, 0.1) is 11.7 Å². The van der Waals surface area contributed by atoms with E-state index in [2.05, 4.69) is 11.9 Å². The Labute approximate surface area is 95.7 Å². The summed E-state index contributed by atoms with van der Waals surface area (Å²) in [6.45, 7) is 3.78. The maximum atomic E-state index is 12.8. The minimum Gasteiger partial charge on any atom is -0.385 e. The van der Waals surface area contributed by atoms with Gasteiger partial charge in [0.1, 0.15) is 5.82 Å². The molecule has 16 heavy (non-hydrogen) atoms. The first kappa shape index (κ1) is 11.6. The van der Waals surface area contributed by atoms with Gasteiger partial charge < -0.3 is 10.0 Å². The standard InChI is InChI=1S/C13H18FNO/c1-10-9-15(2)8-7-13(10,16)11-3-5-12(14)6-4-11/h3-6,10,16H,7-9H2,1-2H3. The second-order valence-corrected chi connectivity index (χ2v) is 4.84. The second kappa shape index (κ2) is 4.15. The molecule has 2 atom stereocenters. The molecule has 0 radical (unpaired) electrons. The SMILES string of the molecule is CC1CN(C)CCC1(O)c1ccc(F)cc1. The molecule has 0 bridgehead atoms. The highest BCUT2D eigenvalue weighted by Crippen LogP contribution is 2.36. The number of nitrogens with zero attached hydrogens (tertiary/aromatic N) is 1. The van der Waals surface area contributed by atoms with Gasteiger partial charge in [0.05, 0.1) is 5.60 Å². The van der Waals surface area contributed by atoms with E-state index in [4.69, 9.17) is 0 Å². The molecule has 1 saturated heterocycles. The third kappa shape index (κ3) is 1.97. The van der Waals surface area contributed by atoms with Gasteiger partial charge >= 0.3 is 0 Å². The Morgan fingerprint density at radius 3 is 2.56 bits per heavy atom. The third-order valence-corrected chi connectivity index (χ3v) is 3.62. The van der Waals surface area contributed by atoms with Gasteiger partial charge in [-0.1, -0.05) is 19.1 Å². The van der Waals surface area contributed by atoms with E-state index in [1.165, 1.54) is 12.1 Å². The Bertz CT molecular complexity index is 365. The molecular weight excluding hydrogens is 205 g/mol. The van der Waals surface area contributed by atoms with Crippen molar-refractivity contribution in [1.82, 2.24) is 4.90 Å². The van der Waals surface area contributed by atoms with Crippen LogP contribution in [-0.4, -0.2) is 30.1 Å². The van der Waals surface area contributed by atoms with E-state index in [1.807, 2.05) is 6.92 Å². The monoisotopic (exact) mass is 223 g/mol. The topological polar surface area (TPSA) is 23.5 Å². The maximum Gasteiger partial charge on any atom is 0.123 e. The summed E-state index contributed by atoms with van der Waals surface area (Å²) in [6, 6.07) is 6.21. The zero-order valence-electron chi connectivity index (χ0n) is 9.78. The number of halogens is 1. The summed E-state index contributed by atoms with van der Waals surface area (Å²) in [4.78, 5) is 2.21. The van der Waals surface area contributed by atoms with E-state index in [0.29, 0.717) is 6.42 Å². The zero-order chi connectivity index (χ0) is 11.8. The van der Waals surface area contributed by atoms with E-state index >= 15 is 0 Å². The minimum atomic E-state index is -0.805. The molecule has 2 rings (SSSR count). The Hall–Kier alpha value is -0.930. The van der Waals surface area contributed by atoms with Crippen LogP contribution in [0.25, 0.3) is 0 Å². The van der Waals surface area contributed by atoms with Crippen LogP contribution in [0.5, 0.6) is 0 Å². The molecular formula is C13H18FNO. The van der Waals surface area contributed by atoms with Crippen molar-refractivity contribution >= 4 is 0 Å². The molecule has 1 N–H and O–H groups in total. The van der Waals surface area contributed by atoms with Crippen LogP contribution in [0.4, 0.5) is 4.39 Å². The quantitative estimate of drug-likeness (QED) is 0.787. The average Bonchev–Trinajstić information content (AvgIpc) is 2.25. The average molecular weight is 223 g/mol. The summed E-state index contributed by atoms with van der Waals surface area (Å²) >= 11 is 0. The van der Waals surface area contributed by atoms with Gasteiger partial charge in [-0.05, 0) is 31.2 Å². The minimum absolute atomic E-state index is 0.164. The van der Waals surface area contributed by atoms with Crippen LogP contribution in [0.1, 0.15) is 18.9 Å². The first-order chi connectivity index (χ1) is 7.52. The van der Waals surface area contributed by atoms with Crippen molar-refractivity contribution in [2.45, 2.75) is 18.9 Å². The molecule has 0 amide bonds. The van der Waals surface area contributed by atoms with Gasteiger partial charge in [0.2, 0.25) is 0 Å². The molecule has 1 fully saturated rings. The second-order valence-electron chi connectivity index (χ2n) is 4.84. The highest BCUT2D eigenvalue weighted by Gasteiger charge is 2.39. The lowest BCUT2D eigenvalue weighted by molar-refractivity contribution is -0.0660. The summed E-state index contributed by atoms with van der Waals surface area (Å²) in [7, 11) is 2.06. The van der Waals surface area contributed by atoms with Gasteiger partial charge in [-0.15, -0.1) is 0 Å². The lowest BCUT2D eigenvalue weighted by atomic mass is 9.77. The summed E-state index contributed by atoms with van der Waals surface area (Å²) < 4.78 is 12.8. The van der Waals surface area contributed by atoms with Crippen molar-refractivity contribution in [3.05, 3.63) is 35.6 Å². The van der Waals surface area contributed by atoms with E-state index < -0.39 is 5.60 Å². The van der Waals surface area contributed by atoms with Crippen molar-refractivity contribution in [3.63, 3.8) is 0 Å². The molecule has 2 unspecified atom stereocenters. The Balaban J connectivity index is 2.27. The Morgan fingerprint density at radius 2 is 2.00 bits per heavy atom. The summed E-state index contributed by atoms with van der Waals surface area (Å²) in [6.07, 6.45) is 0.705. The van der Waals surface area contributed by atoms with Gasteiger partial charge in [-0.3, -0.25) is 0 Å². The molecule has 2 nitrogen and oxygen atoms in total. The third-order valence-electron chi connectivity index (χ3n) is 3.62. The summed E-state index contributed by atoms with van der Waals surface area (Å²) in [5.74, 6) is -0.0929. The lowest BCUT2D eigenvalue weighted by Gasteiger charge is -2.42. The van der Waals surface area contributed by atoms with Gasteiger partial charge in [0, 0.05) is 19.0 Å². The smallest absolute Gasteiger partial charge is 0.123 e. The number of benzene rings is 1. The van der Waals surface area contributed by atoms with Crippen LogP contribution in [0.2, 0.25) is 0 Å². The largest absolute Gasteiger partial charge is 0.385 e. The number of piperidine rings is 1. The molecule has 88 valence electrons. The van der Waals surface area contributed by atoms with Gasteiger partial charge in [0.25, 0.3) is 0 Å². The van der Waals surface area contributed by atoms with E-state index in [-0.39, 0.29) is 11.7 Å². The first-order valence-corrected chi connectivity index (χ1v) is 5.69. The van der Waals surface area contributed by atoms with Crippen LogP contribution >= 0.6 is 0 Å². The maximum absolute atomic E-state index is 12.8. The predicted molar refractivity (Wildman–Crippen MR) is 61.6 cm³/mol. The molecule has 0 saturated carbocycles. The summed E-state index contributed by atoms with van der Waals surface area (Å²) in [5.41, 5.74) is 0.0229. The number of aliphatic hydroxyl groups is 1. The Kier molecular flexibility index (Phi) is 3.00. The molecule has 0 aliphatic carbocycles. The van der Waals surface area contributed by atoms with Crippen molar-refractivity contribution in [1.29, 1.82) is 0 Å². The predicted octanol–water partition coefficient (Wildman–Crippen LogP) is 1.98. The Morgan fingerprint density at radius 1 is 1.38 bits per heavy atom. The van der Waals surface area contributed by atoms with E-state index in [9.17, 15) is 9.50 Å². The highest BCUT2D eigenvalue weighted by atomic mass is 19.1. The van der Waals surface area contributed by atoms with Crippen molar-refractivity contribution < 1.29 is 9.50 Å². The molecule has 1 aromatic rings.